The van der Waals surface area contributed by atoms with E-state index < -0.39 is 5.97 Å². The quantitative estimate of drug-likeness (QED) is 0.670. The van der Waals surface area contributed by atoms with E-state index in [4.69, 9.17) is 14.6 Å². The normalized spacial score (nSPS) is 14.4. The average molecular weight is 266 g/mol. The minimum atomic E-state index is -0.907. The van der Waals surface area contributed by atoms with Crippen LogP contribution < -0.4 is 9.47 Å². The molecule has 0 spiro atoms. The van der Waals surface area contributed by atoms with E-state index in [-0.39, 0.29) is 0 Å². The lowest BCUT2D eigenvalue weighted by molar-refractivity contribution is -0.131. The van der Waals surface area contributed by atoms with E-state index in [1.54, 1.807) is 18.7 Å². The second-order valence-electron chi connectivity index (χ2n) is 3.92. The molecule has 1 aliphatic rings. The Morgan fingerprint density at radius 2 is 2.11 bits per heavy atom. The second-order valence-corrected chi connectivity index (χ2v) is 4.97. The summed E-state index contributed by atoms with van der Waals surface area (Å²) in [5.74, 6) is 1.26. The summed E-state index contributed by atoms with van der Waals surface area (Å²) in [4.78, 5) is 11.5. The van der Waals surface area contributed by atoms with Crippen molar-refractivity contribution >= 4 is 17.7 Å². The molecule has 18 heavy (non-hydrogen) atoms. The molecule has 0 radical (unpaired) electrons. The van der Waals surface area contributed by atoms with Crippen LogP contribution in [0.3, 0.4) is 0 Å². The van der Waals surface area contributed by atoms with Gasteiger partial charge in [0.15, 0.2) is 11.5 Å². The predicted octanol–water partition coefficient (Wildman–Crippen LogP) is 2.58. The molecule has 96 valence electrons. The molecule has 4 nitrogen and oxygen atoms in total. The maximum absolute atomic E-state index is 10.5. The van der Waals surface area contributed by atoms with Crippen molar-refractivity contribution in [2.24, 2.45) is 0 Å². The van der Waals surface area contributed by atoms with E-state index in [2.05, 4.69) is 0 Å². The lowest BCUT2D eigenvalue weighted by Gasteiger charge is -2.18. The number of aliphatic carboxylic acids is 1. The first-order valence-electron chi connectivity index (χ1n) is 5.58. The van der Waals surface area contributed by atoms with Crippen LogP contribution in [-0.4, -0.2) is 30.0 Å². The molecular formula is C13H14O4S. The van der Waals surface area contributed by atoms with Crippen molar-refractivity contribution in [3.8, 4) is 11.5 Å². The molecule has 0 bridgehead atoms. The minimum absolute atomic E-state index is 0.569. The average Bonchev–Trinajstić information content (AvgIpc) is 2.35. The van der Waals surface area contributed by atoms with Gasteiger partial charge >= 0.3 is 5.97 Å². The van der Waals surface area contributed by atoms with Gasteiger partial charge < -0.3 is 14.6 Å². The van der Waals surface area contributed by atoms with Crippen LogP contribution in [0.1, 0.15) is 6.92 Å². The highest BCUT2D eigenvalue weighted by Gasteiger charge is 2.11. The Bertz CT molecular complexity index is 482. The molecule has 0 aromatic heterocycles. The molecule has 0 amide bonds. The maximum Gasteiger partial charge on any atom is 0.328 e. The lowest BCUT2D eigenvalue weighted by Crippen LogP contribution is -2.15. The number of ether oxygens (including phenoxy) is 2. The molecule has 1 aliphatic heterocycles. The Morgan fingerprint density at radius 1 is 1.39 bits per heavy atom. The fourth-order valence-electron chi connectivity index (χ4n) is 1.56. The highest BCUT2D eigenvalue weighted by atomic mass is 32.2. The molecule has 0 atom stereocenters. The first-order chi connectivity index (χ1) is 8.65. The van der Waals surface area contributed by atoms with Gasteiger partial charge in [-0.25, -0.2) is 4.79 Å². The predicted molar refractivity (Wildman–Crippen MR) is 69.5 cm³/mol. The van der Waals surface area contributed by atoms with Crippen molar-refractivity contribution in [2.45, 2.75) is 11.8 Å². The van der Waals surface area contributed by atoms with Gasteiger partial charge in [-0.15, -0.1) is 11.8 Å². The lowest BCUT2D eigenvalue weighted by atomic mass is 10.3. The van der Waals surface area contributed by atoms with E-state index in [1.165, 1.54) is 6.08 Å². The summed E-state index contributed by atoms with van der Waals surface area (Å²) in [6.07, 6.45) is 1.23. The van der Waals surface area contributed by atoms with Gasteiger partial charge in [-0.2, -0.15) is 0 Å². The number of benzene rings is 1. The number of thioether (sulfide) groups is 1. The number of carboxylic acid groups (broad SMARTS) is 1. The highest BCUT2D eigenvalue weighted by Crippen LogP contribution is 2.34. The molecule has 0 aliphatic carbocycles. The van der Waals surface area contributed by atoms with Crippen LogP contribution in [0.25, 0.3) is 0 Å². The number of rotatable bonds is 4. The Morgan fingerprint density at radius 3 is 2.83 bits per heavy atom. The standard InChI is InChI=1S/C13H14O4S/c1-9(6-13(14)15)8-18-10-2-3-11-12(7-10)17-5-4-16-11/h2-3,6-7H,4-5,8H2,1H3,(H,14,15). The Hall–Kier alpha value is -1.62. The number of carboxylic acids is 1. The van der Waals surface area contributed by atoms with Crippen LogP contribution in [0.2, 0.25) is 0 Å². The molecule has 1 aromatic rings. The van der Waals surface area contributed by atoms with Crippen molar-refractivity contribution in [1.29, 1.82) is 0 Å². The summed E-state index contributed by atoms with van der Waals surface area (Å²) in [6, 6.07) is 5.76. The van der Waals surface area contributed by atoms with Gasteiger partial charge in [-0.3, -0.25) is 0 Å². The molecule has 0 saturated carbocycles. The Balaban J connectivity index is 2.00. The third-order valence-electron chi connectivity index (χ3n) is 2.35. The van der Waals surface area contributed by atoms with Gasteiger partial charge in [0.25, 0.3) is 0 Å². The molecule has 0 saturated heterocycles. The van der Waals surface area contributed by atoms with Gasteiger partial charge in [0.05, 0.1) is 0 Å². The van der Waals surface area contributed by atoms with Gasteiger partial charge in [-0.1, -0.05) is 5.57 Å². The largest absolute Gasteiger partial charge is 0.486 e. The first kappa shape index (κ1) is 12.8. The fourth-order valence-corrected chi connectivity index (χ4v) is 2.40. The third-order valence-corrected chi connectivity index (χ3v) is 3.54. The van der Waals surface area contributed by atoms with E-state index in [0.717, 1.165) is 22.0 Å². The number of fused-ring (bicyclic) bond motifs is 1. The SMILES string of the molecule is CC(=CC(=O)O)CSc1ccc2c(c1)OCCO2. The van der Waals surface area contributed by atoms with Crippen molar-refractivity contribution < 1.29 is 19.4 Å². The molecule has 1 N–H and O–H groups in total. The smallest absolute Gasteiger partial charge is 0.328 e. The summed E-state index contributed by atoms with van der Waals surface area (Å²) < 4.78 is 10.9. The van der Waals surface area contributed by atoms with Crippen molar-refractivity contribution in [3.05, 3.63) is 29.8 Å². The van der Waals surface area contributed by atoms with Gasteiger partial charge in [0.1, 0.15) is 13.2 Å². The fraction of sp³-hybridized carbons (Fsp3) is 0.308. The summed E-state index contributed by atoms with van der Waals surface area (Å²) in [5.41, 5.74) is 0.822. The van der Waals surface area contributed by atoms with Crippen LogP contribution in [-0.2, 0) is 4.79 Å². The zero-order chi connectivity index (χ0) is 13.0. The van der Waals surface area contributed by atoms with E-state index in [1.807, 2.05) is 18.2 Å². The highest BCUT2D eigenvalue weighted by molar-refractivity contribution is 7.99. The van der Waals surface area contributed by atoms with Gasteiger partial charge in [-0.05, 0) is 25.1 Å². The van der Waals surface area contributed by atoms with Crippen LogP contribution in [0.4, 0.5) is 0 Å². The summed E-state index contributed by atoms with van der Waals surface area (Å²) >= 11 is 1.58. The zero-order valence-corrected chi connectivity index (χ0v) is 10.8. The monoisotopic (exact) mass is 266 g/mol. The van der Waals surface area contributed by atoms with Crippen molar-refractivity contribution in [1.82, 2.24) is 0 Å². The maximum atomic E-state index is 10.5. The summed E-state index contributed by atoms with van der Waals surface area (Å²) in [7, 11) is 0. The second kappa shape index (κ2) is 5.82. The van der Waals surface area contributed by atoms with E-state index >= 15 is 0 Å². The van der Waals surface area contributed by atoms with Crippen LogP contribution in [0.5, 0.6) is 11.5 Å². The molecule has 0 unspecified atom stereocenters. The third kappa shape index (κ3) is 3.43. The molecule has 0 fully saturated rings. The number of hydrogen-bond acceptors (Lipinski definition) is 4. The van der Waals surface area contributed by atoms with Crippen LogP contribution in [0, 0.1) is 0 Å². The number of hydrogen-bond donors (Lipinski definition) is 1. The number of carbonyl (C=O) groups is 1. The van der Waals surface area contributed by atoms with Crippen molar-refractivity contribution in [3.63, 3.8) is 0 Å². The van der Waals surface area contributed by atoms with Gasteiger partial charge in [0.2, 0.25) is 0 Å². The van der Waals surface area contributed by atoms with Crippen LogP contribution >= 0.6 is 11.8 Å². The summed E-state index contributed by atoms with van der Waals surface area (Å²) in [5, 5.41) is 8.62. The Labute approximate surface area is 110 Å². The topological polar surface area (TPSA) is 55.8 Å². The Kier molecular flexibility index (Phi) is 4.15. The van der Waals surface area contributed by atoms with Gasteiger partial charge in [0, 0.05) is 16.7 Å². The molecule has 5 heteroatoms. The molecule has 1 heterocycles. The summed E-state index contributed by atoms with van der Waals surface area (Å²) in [6.45, 7) is 2.96. The molecular weight excluding hydrogens is 252 g/mol. The van der Waals surface area contributed by atoms with Crippen LogP contribution in [0.15, 0.2) is 34.7 Å². The molecule has 2 rings (SSSR count). The van der Waals surface area contributed by atoms with E-state index in [0.29, 0.717) is 19.0 Å². The van der Waals surface area contributed by atoms with E-state index in [9.17, 15) is 4.79 Å². The first-order valence-corrected chi connectivity index (χ1v) is 6.56. The molecule has 1 aromatic carbocycles. The minimum Gasteiger partial charge on any atom is -0.486 e. The zero-order valence-electron chi connectivity index (χ0n) is 10.0. The van der Waals surface area contributed by atoms with Crippen molar-refractivity contribution in [2.75, 3.05) is 19.0 Å².